The molecule has 0 aliphatic heterocycles. The molecule has 84 valence electrons. The molecule has 0 radical (unpaired) electrons. The van der Waals surface area contributed by atoms with Gasteiger partial charge in [0.15, 0.2) is 0 Å². The van der Waals surface area contributed by atoms with E-state index in [2.05, 4.69) is 0 Å². The zero-order chi connectivity index (χ0) is 11.5. The minimum absolute atomic E-state index is 0.115. The number of hydrogen-bond donors (Lipinski definition) is 1. The molecule has 3 nitrogen and oxygen atoms in total. The number of aryl methyl sites for hydroxylation is 2. The maximum Gasteiger partial charge on any atom is 0.290 e. The lowest BCUT2D eigenvalue weighted by Gasteiger charge is -2.06. The molecule has 0 aliphatic carbocycles. The van der Waals surface area contributed by atoms with E-state index >= 15 is 0 Å². The van der Waals surface area contributed by atoms with Gasteiger partial charge in [0, 0.05) is 6.07 Å². The SMILES string of the molecule is Cc1ccc(Oc2ccc(CO)o2)c(C)c1. The molecule has 16 heavy (non-hydrogen) atoms. The second-order valence-electron chi connectivity index (χ2n) is 3.75. The number of ether oxygens (including phenoxy) is 1. The van der Waals surface area contributed by atoms with Gasteiger partial charge >= 0.3 is 0 Å². The van der Waals surface area contributed by atoms with Crippen molar-refractivity contribution < 1.29 is 14.3 Å². The number of benzene rings is 1. The van der Waals surface area contributed by atoms with Crippen molar-refractivity contribution in [1.82, 2.24) is 0 Å². The minimum Gasteiger partial charge on any atom is -0.428 e. The van der Waals surface area contributed by atoms with E-state index < -0.39 is 0 Å². The molecule has 0 saturated heterocycles. The summed E-state index contributed by atoms with van der Waals surface area (Å²) >= 11 is 0. The van der Waals surface area contributed by atoms with Crippen LogP contribution < -0.4 is 4.74 Å². The number of rotatable bonds is 3. The summed E-state index contributed by atoms with van der Waals surface area (Å²) < 4.78 is 10.8. The molecule has 1 heterocycles. The monoisotopic (exact) mass is 218 g/mol. The van der Waals surface area contributed by atoms with Gasteiger partial charge in [0.25, 0.3) is 5.95 Å². The first kappa shape index (κ1) is 10.8. The van der Waals surface area contributed by atoms with E-state index in [1.165, 1.54) is 5.56 Å². The van der Waals surface area contributed by atoms with Crippen molar-refractivity contribution in [2.24, 2.45) is 0 Å². The van der Waals surface area contributed by atoms with Crippen LogP contribution in [-0.2, 0) is 6.61 Å². The lowest BCUT2D eigenvalue weighted by Crippen LogP contribution is -1.86. The molecule has 3 heteroatoms. The average Bonchev–Trinajstić information content (AvgIpc) is 2.70. The fourth-order valence-corrected chi connectivity index (χ4v) is 1.52. The normalized spacial score (nSPS) is 10.4. The van der Waals surface area contributed by atoms with Crippen molar-refractivity contribution in [1.29, 1.82) is 0 Å². The van der Waals surface area contributed by atoms with Gasteiger partial charge in [0.05, 0.1) is 0 Å². The molecule has 0 fully saturated rings. The van der Waals surface area contributed by atoms with E-state index in [0.29, 0.717) is 11.7 Å². The number of aliphatic hydroxyl groups excluding tert-OH is 1. The summed E-state index contributed by atoms with van der Waals surface area (Å²) in [5, 5.41) is 8.86. The van der Waals surface area contributed by atoms with Crippen LogP contribution in [0.2, 0.25) is 0 Å². The van der Waals surface area contributed by atoms with Crippen molar-refractivity contribution in [3.05, 3.63) is 47.2 Å². The van der Waals surface area contributed by atoms with Gasteiger partial charge in [-0.2, -0.15) is 0 Å². The quantitative estimate of drug-likeness (QED) is 0.860. The Bertz CT molecular complexity index is 486. The first-order valence-electron chi connectivity index (χ1n) is 5.13. The van der Waals surface area contributed by atoms with Crippen LogP contribution in [0, 0.1) is 13.8 Å². The predicted octanol–water partition coefficient (Wildman–Crippen LogP) is 3.18. The second-order valence-corrected chi connectivity index (χ2v) is 3.75. The largest absolute Gasteiger partial charge is 0.428 e. The van der Waals surface area contributed by atoms with Gasteiger partial charge in [0.2, 0.25) is 0 Å². The molecule has 0 saturated carbocycles. The van der Waals surface area contributed by atoms with Crippen LogP contribution in [0.5, 0.6) is 11.7 Å². The summed E-state index contributed by atoms with van der Waals surface area (Å²) in [7, 11) is 0. The molecule has 0 aliphatic rings. The van der Waals surface area contributed by atoms with E-state index in [9.17, 15) is 0 Å². The Balaban J connectivity index is 2.20. The Morgan fingerprint density at radius 3 is 2.62 bits per heavy atom. The van der Waals surface area contributed by atoms with Crippen LogP contribution in [0.15, 0.2) is 34.7 Å². The summed E-state index contributed by atoms with van der Waals surface area (Å²) in [5.41, 5.74) is 2.25. The number of aliphatic hydroxyl groups is 1. The molecule has 2 rings (SSSR count). The van der Waals surface area contributed by atoms with E-state index in [-0.39, 0.29) is 6.61 Å². The van der Waals surface area contributed by atoms with Crippen molar-refractivity contribution in [2.45, 2.75) is 20.5 Å². The Morgan fingerprint density at radius 1 is 1.19 bits per heavy atom. The van der Waals surface area contributed by atoms with Gasteiger partial charge in [-0.25, -0.2) is 0 Å². The third-order valence-corrected chi connectivity index (χ3v) is 2.33. The van der Waals surface area contributed by atoms with Gasteiger partial charge in [-0.15, -0.1) is 0 Å². The molecule has 2 aromatic rings. The molecule has 0 spiro atoms. The van der Waals surface area contributed by atoms with Crippen LogP contribution >= 0.6 is 0 Å². The van der Waals surface area contributed by atoms with E-state index in [4.69, 9.17) is 14.3 Å². The summed E-state index contributed by atoms with van der Waals surface area (Å²) in [6, 6.07) is 9.33. The molecular formula is C13H14O3. The fraction of sp³-hybridized carbons (Fsp3) is 0.231. The lowest BCUT2D eigenvalue weighted by atomic mass is 10.1. The Labute approximate surface area is 94.3 Å². The van der Waals surface area contributed by atoms with Gasteiger partial charge in [-0.1, -0.05) is 17.7 Å². The third-order valence-electron chi connectivity index (χ3n) is 2.33. The average molecular weight is 218 g/mol. The van der Waals surface area contributed by atoms with E-state index in [0.717, 1.165) is 11.3 Å². The van der Waals surface area contributed by atoms with Gasteiger partial charge in [0.1, 0.15) is 18.1 Å². The molecule has 0 bridgehead atoms. The Kier molecular flexibility index (Phi) is 2.97. The standard InChI is InChI=1S/C13H14O3/c1-9-3-5-12(10(2)7-9)16-13-6-4-11(8-14)15-13/h3-7,14H,8H2,1-2H3. The summed E-state index contributed by atoms with van der Waals surface area (Å²) in [5.74, 6) is 1.67. The Hall–Kier alpha value is -1.74. The fourth-order valence-electron chi connectivity index (χ4n) is 1.52. The maximum absolute atomic E-state index is 8.86. The van der Waals surface area contributed by atoms with Crippen LogP contribution in [-0.4, -0.2) is 5.11 Å². The predicted molar refractivity (Wildman–Crippen MR) is 60.6 cm³/mol. The molecule has 1 aromatic heterocycles. The van der Waals surface area contributed by atoms with Crippen LogP contribution in [0.3, 0.4) is 0 Å². The van der Waals surface area contributed by atoms with E-state index in [1.807, 2.05) is 32.0 Å². The van der Waals surface area contributed by atoms with Crippen LogP contribution in [0.4, 0.5) is 0 Å². The first-order chi connectivity index (χ1) is 7.69. The minimum atomic E-state index is -0.115. The highest BCUT2D eigenvalue weighted by Crippen LogP contribution is 2.27. The second kappa shape index (κ2) is 4.41. The van der Waals surface area contributed by atoms with E-state index in [1.54, 1.807) is 12.1 Å². The topological polar surface area (TPSA) is 42.6 Å². The highest BCUT2D eigenvalue weighted by Gasteiger charge is 2.05. The number of furan rings is 1. The van der Waals surface area contributed by atoms with Crippen molar-refractivity contribution in [2.75, 3.05) is 0 Å². The zero-order valence-corrected chi connectivity index (χ0v) is 9.36. The zero-order valence-electron chi connectivity index (χ0n) is 9.36. The first-order valence-corrected chi connectivity index (χ1v) is 5.13. The maximum atomic E-state index is 8.86. The molecular weight excluding hydrogens is 204 g/mol. The van der Waals surface area contributed by atoms with Crippen molar-refractivity contribution in [3.63, 3.8) is 0 Å². The molecule has 0 amide bonds. The third kappa shape index (κ3) is 2.25. The van der Waals surface area contributed by atoms with Gasteiger partial charge in [-0.05, 0) is 31.5 Å². The smallest absolute Gasteiger partial charge is 0.290 e. The van der Waals surface area contributed by atoms with Gasteiger partial charge in [-0.3, -0.25) is 0 Å². The van der Waals surface area contributed by atoms with Crippen LogP contribution in [0.25, 0.3) is 0 Å². The summed E-state index contributed by atoms with van der Waals surface area (Å²) in [6.45, 7) is 3.90. The summed E-state index contributed by atoms with van der Waals surface area (Å²) in [4.78, 5) is 0. The molecule has 0 atom stereocenters. The Morgan fingerprint density at radius 2 is 2.00 bits per heavy atom. The van der Waals surface area contributed by atoms with Crippen LogP contribution in [0.1, 0.15) is 16.9 Å². The highest BCUT2D eigenvalue weighted by atomic mass is 16.6. The van der Waals surface area contributed by atoms with Crippen molar-refractivity contribution in [3.8, 4) is 11.7 Å². The lowest BCUT2D eigenvalue weighted by molar-refractivity contribution is 0.231. The molecule has 1 N–H and O–H groups in total. The van der Waals surface area contributed by atoms with Gasteiger partial charge < -0.3 is 14.3 Å². The molecule has 0 unspecified atom stereocenters. The highest BCUT2D eigenvalue weighted by molar-refractivity contribution is 5.37. The molecule has 1 aromatic carbocycles. The van der Waals surface area contributed by atoms with Crippen molar-refractivity contribution >= 4 is 0 Å². The number of hydrogen-bond acceptors (Lipinski definition) is 3. The summed E-state index contributed by atoms with van der Waals surface area (Å²) in [6.07, 6.45) is 0.